The number of carbonyl (C=O) groups is 1. The summed E-state index contributed by atoms with van der Waals surface area (Å²) in [4.78, 5) is 14.3. The zero-order valence-electron chi connectivity index (χ0n) is 13.9. The third-order valence-electron chi connectivity index (χ3n) is 4.34. The highest BCUT2D eigenvalue weighted by Crippen LogP contribution is 2.22. The van der Waals surface area contributed by atoms with Gasteiger partial charge in [0.15, 0.2) is 0 Å². The number of nitrogens with one attached hydrogen (secondary N) is 1. The second kappa shape index (κ2) is 8.39. The Hall–Kier alpha value is -2.49. The molecule has 1 heterocycles. The number of anilines is 1. The van der Waals surface area contributed by atoms with Gasteiger partial charge in [0.2, 0.25) is 5.91 Å². The zero-order chi connectivity index (χ0) is 16.6. The van der Waals surface area contributed by atoms with Crippen molar-refractivity contribution in [3.63, 3.8) is 0 Å². The summed E-state index contributed by atoms with van der Waals surface area (Å²) in [5, 5.41) is 3.04. The van der Waals surface area contributed by atoms with E-state index in [0.29, 0.717) is 18.9 Å². The largest absolute Gasteiger partial charge is 0.493 e. The molecule has 0 spiro atoms. The molecule has 1 amide bonds. The highest BCUT2D eigenvalue weighted by molar-refractivity contribution is 5.76. The Morgan fingerprint density at radius 1 is 1.08 bits per heavy atom. The lowest BCUT2D eigenvalue weighted by molar-refractivity contribution is -0.121. The number of rotatable bonds is 7. The van der Waals surface area contributed by atoms with Crippen molar-refractivity contribution in [2.75, 3.05) is 31.1 Å². The quantitative estimate of drug-likeness (QED) is 0.851. The molecule has 126 valence electrons. The van der Waals surface area contributed by atoms with E-state index in [0.717, 1.165) is 31.8 Å². The van der Waals surface area contributed by atoms with Crippen LogP contribution in [-0.2, 0) is 4.79 Å². The van der Waals surface area contributed by atoms with Gasteiger partial charge in [-0.25, -0.2) is 0 Å². The fraction of sp³-hybridized carbons (Fsp3) is 0.350. The van der Waals surface area contributed by atoms with Gasteiger partial charge in [-0.2, -0.15) is 0 Å². The number of hydrogen-bond donors (Lipinski definition) is 1. The molecule has 1 aliphatic rings. The van der Waals surface area contributed by atoms with E-state index in [-0.39, 0.29) is 5.91 Å². The molecule has 0 bridgehead atoms. The van der Waals surface area contributed by atoms with Gasteiger partial charge >= 0.3 is 0 Å². The van der Waals surface area contributed by atoms with Crippen LogP contribution in [0.3, 0.4) is 0 Å². The Kier molecular flexibility index (Phi) is 5.72. The summed E-state index contributed by atoms with van der Waals surface area (Å²) in [6, 6.07) is 20.0. The van der Waals surface area contributed by atoms with Crippen molar-refractivity contribution < 1.29 is 9.53 Å². The second-order valence-corrected chi connectivity index (χ2v) is 6.15. The number of ether oxygens (including phenoxy) is 1. The lowest BCUT2D eigenvalue weighted by Crippen LogP contribution is -2.31. The molecular weight excluding hydrogens is 300 g/mol. The maximum atomic E-state index is 11.9. The van der Waals surface area contributed by atoms with E-state index in [1.165, 1.54) is 5.69 Å². The molecule has 1 atom stereocenters. The van der Waals surface area contributed by atoms with Crippen molar-refractivity contribution in [3.8, 4) is 5.75 Å². The molecule has 0 aromatic heterocycles. The Labute approximate surface area is 143 Å². The summed E-state index contributed by atoms with van der Waals surface area (Å²) in [7, 11) is 0. The molecule has 1 N–H and O–H groups in total. The van der Waals surface area contributed by atoms with E-state index >= 15 is 0 Å². The minimum atomic E-state index is 0.0593. The third kappa shape index (κ3) is 4.75. The normalized spacial score (nSPS) is 16.8. The van der Waals surface area contributed by atoms with Crippen LogP contribution in [-0.4, -0.2) is 32.1 Å². The van der Waals surface area contributed by atoms with Crippen molar-refractivity contribution >= 4 is 11.6 Å². The fourth-order valence-corrected chi connectivity index (χ4v) is 3.00. The van der Waals surface area contributed by atoms with Crippen LogP contribution in [0.2, 0.25) is 0 Å². The molecule has 4 heteroatoms. The monoisotopic (exact) mass is 324 g/mol. The first-order chi connectivity index (χ1) is 11.8. The second-order valence-electron chi connectivity index (χ2n) is 6.15. The van der Waals surface area contributed by atoms with Crippen molar-refractivity contribution in [2.24, 2.45) is 5.92 Å². The maximum Gasteiger partial charge on any atom is 0.223 e. The van der Waals surface area contributed by atoms with Crippen LogP contribution in [0.15, 0.2) is 60.7 Å². The fourth-order valence-electron chi connectivity index (χ4n) is 3.00. The first kappa shape index (κ1) is 16.4. The van der Waals surface area contributed by atoms with Crippen LogP contribution in [0.1, 0.15) is 12.8 Å². The third-order valence-corrected chi connectivity index (χ3v) is 4.34. The molecule has 2 aromatic carbocycles. The van der Waals surface area contributed by atoms with Gasteiger partial charge in [-0.3, -0.25) is 4.79 Å². The van der Waals surface area contributed by atoms with Crippen molar-refractivity contribution in [1.29, 1.82) is 0 Å². The summed E-state index contributed by atoms with van der Waals surface area (Å²) < 4.78 is 5.55. The SMILES string of the molecule is O=C(CCOc1ccccc1)NCC1CCN(c2ccccc2)C1. The van der Waals surface area contributed by atoms with Crippen LogP contribution in [0.25, 0.3) is 0 Å². The summed E-state index contributed by atoms with van der Waals surface area (Å²) >= 11 is 0. The molecule has 1 saturated heterocycles. The van der Waals surface area contributed by atoms with E-state index in [4.69, 9.17) is 4.74 Å². The molecule has 0 saturated carbocycles. The van der Waals surface area contributed by atoms with Gasteiger partial charge in [-0.05, 0) is 36.6 Å². The van der Waals surface area contributed by atoms with Crippen LogP contribution in [0.4, 0.5) is 5.69 Å². The summed E-state index contributed by atoms with van der Waals surface area (Å²) in [6.45, 7) is 3.22. The van der Waals surface area contributed by atoms with Gasteiger partial charge in [0.05, 0.1) is 13.0 Å². The molecule has 1 aliphatic heterocycles. The van der Waals surface area contributed by atoms with Gasteiger partial charge < -0.3 is 15.0 Å². The van der Waals surface area contributed by atoms with E-state index in [1.807, 2.05) is 36.4 Å². The van der Waals surface area contributed by atoms with E-state index in [9.17, 15) is 4.79 Å². The lowest BCUT2D eigenvalue weighted by Gasteiger charge is -2.18. The molecule has 4 nitrogen and oxygen atoms in total. The molecule has 2 aromatic rings. The van der Waals surface area contributed by atoms with E-state index in [2.05, 4.69) is 34.5 Å². The summed E-state index contributed by atoms with van der Waals surface area (Å²) in [5.74, 6) is 1.38. The molecular formula is C20H24N2O2. The average Bonchev–Trinajstić information content (AvgIpc) is 3.11. The number of benzene rings is 2. The maximum absolute atomic E-state index is 11.9. The van der Waals surface area contributed by atoms with Gasteiger partial charge in [0.1, 0.15) is 5.75 Å². The Bertz CT molecular complexity index is 631. The van der Waals surface area contributed by atoms with Crippen molar-refractivity contribution in [1.82, 2.24) is 5.32 Å². The van der Waals surface area contributed by atoms with Crippen LogP contribution in [0, 0.1) is 5.92 Å². The highest BCUT2D eigenvalue weighted by Gasteiger charge is 2.22. The Morgan fingerprint density at radius 3 is 2.54 bits per heavy atom. The average molecular weight is 324 g/mol. The standard InChI is InChI=1S/C20H24N2O2/c23-20(12-14-24-19-9-5-2-6-10-19)21-15-17-11-13-22(16-17)18-7-3-1-4-8-18/h1-10,17H,11-16H2,(H,21,23). The molecule has 0 radical (unpaired) electrons. The van der Waals surface area contributed by atoms with Crippen LogP contribution in [0.5, 0.6) is 5.75 Å². The predicted octanol–water partition coefficient (Wildman–Crippen LogP) is 3.10. The number of para-hydroxylation sites is 2. The smallest absolute Gasteiger partial charge is 0.223 e. The van der Waals surface area contributed by atoms with Gasteiger partial charge in [-0.15, -0.1) is 0 Å². The first-order valence-electron chi connectivity index (χ1n) is 8.56. The van der Waals surface area contributed by atoms with E-state index in [1.54, 1.807) is 0 Å². The molecule has 0 aliphatic carbocycles. The number of hydrogen-bond acceptors (Lipinski definition) is 3. The predicted molar refractivity (Wildman–Crippen MR) is 96.3 cm³/mol. The molecule has 3 rings (SSSR count). The number of carbonyl (C=O) groups excluding carboxylic acids is 1. The number of amides is 1. The molecule has 1 unspecified atom stereocenters. The Morgan fingerprint density at radius 2 is 1.79 bits per heavy atom. The van der Waals surface area contributed by atoms with Gasteiger partial charge in [0.25, 0.3) is 0 Å². The van der Waals surface area contributed by atoms with Crippen molar-refractivity contribution in [2.45, 2.75) is 12.8 Å². The van der Waals surface area contributed by atoms with Crippen LogP contribution >= 0.6 is 0 Å². The van der Waals surface area contributed by atoms with E-state index < -0.39 is 0 Å². The van der Waals surface area contributed by atoms with Crippen LogP contribution < -0.4 is 15.0 Å². The first-order valence-corrected chi connectivity index (χ1v) is 8.56. The highest BCUT2D eigenvalue weighted by atomic mass is 16.5. The summed E-state index contributed by atoms with van der Waals surface area (Å²) in [6.07, 6.45) is 1.51. The summed E-state index contributed by atoms with van der Waals surface area (Å²) in [5.41, 5.74) is 1.27. The molecule has 1 fully saturated rings. The topological polar surface area (TPSA) is 41.6 Å². The lowest BCUT2D eigenvalue weighted by atomic mass is 10.1. The zero-order valence-corrected chi connectivity index (χ0v) is 13.9. The van der Waals surface area contributed by atoms with Gasteiger partial charge in [-0.1, -0.05) is 36.4 Å². The minimum Gasteiger partial charge on any atom is -0.493 e. The van der Waals surface area contributed by atoms with Crippen molar-refractivity contribution in [3.05, 3.63) is 60.7 Å². The number of nitrogens with zero attached hydrogens (tertiary/aromatic N) is 1. The Balaban J connectivity index is 1.33. The minimum absolute atomic E-state index is 0.0593. The molecule has 24 heavy (non-hydrogen) atoms. The van der Waals surface area contributed by atoms with Gasteiger partial charge in [0, 0.05) is 25.3 Å².